The van der Waals surface area contributed by atoms with Crippen molar-refractivity contribution in [2.24, 2.45) is 7.05 Å². The standard InChI is InChI=1S/C25H29N3O3/c1-16-26-23-21(27(16)2)15-20(25(30)28-12-5-6-13-28)19-9-10-22(31-24(19)23)18-8-4-3-7-17(18)11-14-29/h3-4,7-8,15,22,29H,5-6,9-14H2,1-2H3/t22-/m0/s1. The molecule has 1 fully saturated rings. The number of hydrogen-bond acceptors (Lipinski definition) is 4. The summed E-state index contributed by atoms with van der Waals surface area (Å²) >= 11 is 0. The molecule has 6 heteroatoms. The van der Waals surface area contributed by atoms with E-state index in [2.05, 4.69) is 12.1 Å². The molecule has 1 aromatic heterocycles. The normalized spacial score (nSPS) is 18.3. The van der Waals surface area contributed by atoms with Gasteiger partial charge in [0.1, 0.15) is 17.4 Å². The van der Waals surface area contributed by atoms with Crippen molar-refractivity contribution >= 4 is 16.9 Å². The fourth-order valence-corrected chi connectivity index (χ4v) is 5.00. The number of hydrogen-bond donors (Lipinski definition) is 1. The number of rotatable bonds is 4. The molecule has 0 unspecified atom stereocenters. The minimum Gasteiger partial charge on any atom is -0.483 e. The van der Waals surface area contributed by atoms with Gasteiger partial charge in [0.2, 0.25) is 0 Å². The molecule has 162 valence electrons. The zero-order valence-electron chi connectivity index (χ0n) is 18.2. The van der Waals surface area contributed by atoms with Gasteiger partial charge in [-0.05, 0) is 56.2 Å². The van der Waals surface area contributed by atoms with Crippen molar-refractivity contribution in [2.75, 3.05) is 19.7 Å². The van der Waals surface area contributed by atoms with Crippen LogP contribution in [0.4, 0.5) is 0 Å². The van der Waals surface area contributed by atoms with Crippen molar-refractivity contribution in [1.29, 1.82) is 0 Å². The molecule has 6 nitrogen and oxygen atoms in total. The topological polar surface area (TPSA) is 67.6 Å². The second kappa shape index (κ2) is 8.00. The Labute approximate surface area is 182 Å². The number of carbonyl (C=O) groups is 1. The number of fused-ring (bicyclic) bond motifs is 3. The predicted octanol–water partition coefficient (Wildman–Crippen LogP) is 3.72. The first kappa shape index (κ1) is 20.1. The number of amides is 1. The van der Waals surface area contributed by atoms with Crippen LogP contribution in [0.5, 0.6) is 5.75 Å². The number of likely N-dealkylation sites (tertiary alicyclic amines) is 1. The lowest BCUT2D eigenvalue weighted by Gasteiger charge is -2.30. The van der Waals surface area contributed by atoms with Crippen LogP contribution >= 0.6 is 0 Å². The Kier molecular flexibility index (Phi) is 5.18. The van der Waals surface area contributed by atoms with E-state index in [1.807, 2.05) is 41.6 Å². The van der Waals surface area contributed by atoms with Crippen LogP contribution < -0.4 is 4.74 Å². The monoisotopic (exact) mass is 419 g/mol. The van der Waals surface area contributed by atoms with Gasteiger partial charge in [0.25, 0.3) is 5.91 Å². The van der Waals surface area contributed by atoms with E-state index in [1.165, 1.54) is 0 Å². The molecular formula is C25H29N3O3. The maximum absolute atomic E-state index is 13.4. The molecule has 0 radical (unpaired) electrons. The van der Waals surface area contributed by atoms with Gasteiger partial charge in [0.05, 0.1) is 5.52 Å². The summed E-state index contributed by atoms with van der Waals surface area (Å²) in [5, 5.41) is 9.48. The lowest BCUT2D eigenvalue weighted by atomic mass is 9.90. The maximum atomic E-state index is 13.4. The lowest BCUT2D eigenvalue weighted by molar-refractivity contribution is 0.0789. The van der Waals surface area contributed by atoms with Crippen LogP contribution in [0.15, 0.2) is 30.3 Å². The molecule has 2 aliphatic rings. The quantitative estimate of drug-likeness (QED) is 0.700. The minimum absolute atomic E-state index is 0.109. The SMILES string of the molecule is Cc1nc2c3c(c(C(=O)N4CCCC4)cc2n1C)CC[C@@H](c1ccccc1CCO)O3. The molecule has 2 aromatic carbocycles. The number of aryl methyl sites for hydroxylation is 2. The highest BCUT2D eigenvalue weighted by Gasteiger charge is 2.32. The summed E-state index contributed by atoms with van der Waals surface area (Å²) in [5.74, 6) is 1.76. The number of ether oxygens (including phenoxy) is 1. The van der Waals surface area contributed by atoms with E-state index in [4.69, 9.17) is 9.72 Å². The summed E-state index contributed by atoms with van der Waals surface area (Å²) in [7, 11) is 1.98. The van der Waals surface area contributed by atoms with E-state index in [0.29, 0.717) is 6.42 Å². The van der Waals surface area contributed by atoms with Crippen LogP contribution in [0, 0.1) is 6.92 Å². The molecule has 2 aliphatic heterocycles. The van der Waals surface area contributed by atoms with Crippen LogP contribution in [0.2, 0.25) is 0 Å². The Morgan fingerprint density at radius 2 is 2.03 bits per heavy atom. The van der Waals surface area contributed by atoms with Gasteiger partial charge in [0.15, 0.2) is 5.75 Å². The smallest absolute Gasteiger partial charge is 0.254 e. The number of aromatic nitrogens is 2. The molecule has 1 atom stereocenters. The molecule has 1 saturated heterocycles. The molecule has 0 saturated carbocycles. The number of carbonyl (C=O) groups excluding carboxylic acids is 1. The summed E-state index contributed by atoms with van der Waals surface area (Å²) in [6, 6.07) is 10.2. The number of nitrogens with zero attached hydrogens (tertiary/aromatic N) is 3. The number of aliphatic hydroxyl groups is 1. The van der Waals surface area contributed by atoms with E-state index in [0.717, 1.165) is 83.6 Å². The van der Waals surface area contributed by atoms with Gasteiger partial charge >= 0.3 is 0 Å². The Balaban J connectivity index is 1.62. The Morgan fingerprint density at radius 3 is 2.81 bits per heavy atom. The summed E-state index contributed by atoms with van der Waals surface area (Å²) < 4.78 is 8.64. The zero-order valence-corrected chi connectivity index (χ0v) is 18.2. The Bertz CT molecular complexity index is 1140. The summed E-state index contributed by atoms with van der Waals surface area (Å²) in [6.07, 6.45) is 4.20. The first-order chi connectivity index (χ1) is 15.1. The summed E-state index contributed by atoms with van der Waals surface area (Å²) in [6.45, 7) is 3.74. The molecule has 31 heavy (non-hydrogen) atoms. The molecule has 5 rings (SSSR count). The van der Waals surface area contributed by atoms with E-state index in [-0.39, 0.29) is 18.6 Å². The van der Waals surface area contributed by atoms with Crippen LogP contribution in [0.1, 0.15) is 58.2 Å². The highest BCUT2D eigenvalue weighted by atomic mass is 16.5. The van der Waals surface area contributed by atoms with Crippen molar-refractivity contribution < 1.29 is 14.6 Å². The van der Waals surface area contributed by atoms with E-state index < -0.39 is 0 Å². The van der Waals surface area contributed by atoms with Gasteiger partial charge in [-0.25, -0.2) is 4.98 Å². The van der Waals surface area contributed by atoms with Gasteiger partial charge < -0.3 is 19.3 Å². The first-order valence-electron chi connectivity index (χ1n) is 11.2. The van der Waals surface area contributed by atoms with Crippen molar-refractivity contribution in [3.63, 3.8) is 0 Å². The average Bonchev–Trinajstić information content (AvgIpc) is 3.42. The highest BCUT2D eigenvalue weighted by molar-refractivity contribution is 6.01. The number of aliphatic hydroxyl groups excluding tert-OH is 1. The van der Waals surface area contributed by atoms with Gasteiger partial charge in [-0.15, -0.1) is 0 Å². The first-order valence-corrected chi connectivity index (χ1v) is 11.2. The molecule has 3 heterocycles. The molecular weight excluding hydrogens is 390 g/mol. The fraction of sp³-hybridized carbons (Fsp3) is 0.440. The van der Waals surface area contributed by atoms with Gasteiger partial charge in [-0.1, -0.05) is 24.3 Å². The molecule has 0 spiro atoms. The van der Waals surface area contributed by atoms with Gasteiger partial charge in [-0.3, -0.25) is 4.79 Å². The van der Waals surface area contributed by atoms with Crippen molar-refractivity contribution in [3.05, 3.63) is 58.4 Å². The molecule has 1 amide bonds. The third kappa shape index (κ3) is 3.39. The van der Waals surface area contributed by atoms with Crippen LogP contribution in [-0.4, -0.2) is 45.2 Å². The highest BCUT2D eigenvalue weighted by Crippen LogP contribution is 2.42. The average molecular weight is 420 g/mol. The second-order valence-electron chi connectivity index (χ2n) is 8.63. The third-order valence-electron chi connectivity index (χ3n) is 6.78. The predicted molar refractivity (Wildman–Crippen MR) is 120 cm³/mol. The van der Waals surface area contributed by atoms with Crippen LogP contribution in [-0.2, 0) is 19.9 Å². The Morgan fingerprint density at radius 1 is 1.26 bits per heavy atom. The largest absolute Gasteiger partial charge is 0.483 e. The minimum atomic E-state index is -0.113. The zero-order chi connectivity index (χ0) is 21.5. The molecule has 0 bridgehead atoms. The van der Waals surface area contributed by atoms with Crippen molar-refractivity contribution in [3.8, 4) is 5.75 Å². The van der Waals surface area contributed by atoms with Gasteiger partial charge in [0, 0.05) is 37.9 Å². The summed E-state index contributed by atoms with van der Waals surface area (Å²) in [5.41, 5.74) is 5.73. The van der Waals surface area contributed by atoms with Crippen LogP contribution in [0.3, 0.4) is 0 Å². The van der Waals surface area contributed by atoms with Crippen molar-refractivity contribution in [2.45, 2.75) is 45.1 Å². The third-order valence-corrected chi connectivity index (χ3v) is 6.78. The molecule has 1 N–H and O–H groups in total. The fourth-order valence-electron chi connectivity index (χ4n) is 5.00. The van der Waals surface area contributed by atoms with E-state index in [9.17, 15) is 9.90 Å². The Hall–Kier alpha value is -2.86. The second-order valence-corrected chi connectivity index (χ2v) is 8.63. The molecule has 0 aliphatic carbocycles. The molecule has 3 aromatic rings. The number of imidazole rings is 1. The van der Waals surface area contributed by atoms with Gasteiger partial charge in [-0.2, -0.15) is 0 Å². The summed E-state index contributed by atoms with van der Waals surface area (Å²) in [4.78, 5) is 20.1. The van der Waals surface area contributed by atoms with E-state index >= 15 is 0 Å². The van der Waals surface area contributed by atoms with Crippen LogP contribution in [0.25, 0.3) is 11.0 Å². The van der Waals surface area contributed by atoms with Crippen molar-refractivity contribution in [1.82, 2.24) is 14.5 Å². The van der Waals surface area contributed by atoms with E-state index in [1.54, 1.807) is 0 Å². The number of benzene rings is 2. The maximum Gasteiger partial charge on any atom is 0.254 e. The lowest BCUT2D eigenvalue weighted by Crippen LogP contribution is -2.29.